The van der Waals surface area contributed by atoms with Crippen LogP contribution >= 0.6 is 0 Å². The molecule has 1 aliphatic rings. The molecule has 168 valence electrons. The van der Waals surface area contributed by atoms with E-state index in [-0.39, 0.29) is 5.41 Å². The van der Waals surface area contributed by atoms with E-state index in [1.807, 2.05) is 0 Å². The number of para-hydroxylation sites is 2. The van der Waals surface area contributed by atoms with Crippen LogP contribution in [0.1, 0.15) is 25.0 Å². The fourth-order valence-electron chi connectivity index (χ4n) is 5.92. The molecule has 0 atom stereocenters. The van der Waals surface area contributed by atoms with Crippen molar-refractivity contribution in [3.8, 4) is 16.8 Å². The normalized spacial score (nSPS) is 13.7. The molecule has 0 bridgehead atoms. The van der Waals surface area contributed by atoms with E-state index >= 15 is 0 Å². The highest BCUT2D eigenvalue weighted by Crippen LogP contribution is 2.51. The zero-order valence-electron chi connectivity index (χ0n) is 19.9. The van der Waals surface area contributed by atoms with Gasteiger partial charge >= 0.3 is 0 Å². The molecule has 6 aromatic rings. The van der Waals surface area contributed by atoms with E-state index in [2.05, 4.69) is 139 Å². The number of aromatic nitrogens is 1. The van der Waals surface area contributed by atoms with E-state index in [1.54, 1.807) is 0 Å². The molecule has 1 aromatic heterocycles. The first-order valence-corrected chi connectivity index (χ1v) is 12.2. The van der Waals surface area contributed by atoms with Crippen LogP contribution in [-0.2, 0) is 5.41 Å². The SMILES string of the molecule is CC1(C)c2ccccc2-c2c(Nc3ccc4c5ccccc5n(-c5ccccc5)c4c3)cccc21. The van der Waals surface area contributed by atoms with E-state index in [0.29, 0.717) is 0 Å². The Bertz CT molecular complexity index is 1740. The molecule has 1 aliphatic carbocycles. The summed E-state index contributed by atoms with van der Waals surface area (Å²) in [6.45, 7) is 4.65. The van der Waals surface area contributed by atoms with Gasteiger partial charge < -0.3 is 9.88 Å². The molecule has 0 saturated carbocycles. The van der Waals surface area contributed by atoms with E-state index < -0.39 is 0 Å². The second-order valence-electron chi connectivity index (χ2n) is 9.94. The molecule has 0 aliphatic heterocycles. The van der Waals surface area contributed by atoms with Crippen LogP contribution in [0.4, 0.5) is 11.4 Å². The van der Waals surface area contributed by atoms with E-state index in [1.165, 1.54) is 49.7 Å². The van der Waals surface area contributed by atoms with Crippen LogP contribution in [0.25, 0.3) is 38.6 Å². The number of anilines is 2. The molecule has 1 N–H and O–H groups in total. The summed E-state index contributed by atoms with van der Waals surface area (Å²) in [5.74, 6) is 0. The van der Waals surface area contributed by atoms with Gasteiger partial charge in [0.1, 0.15) is 0 Å². The van der Waals surface area contributed by atoms with Crippen molar-refractivity contribution >= 4 is 33.2 Å². The third kappa shape index (κ3) is 2.90. The topological polar surface area (TPSA) is 17.0 Å². The van der Waals surface area contributed by atoms with E-state index in [0.717, 1.165) is 11.4 Å². The summed E-state index contributed by atoms with van der Waals surface area (Å²) in [4.78, 5) is 0. The lowest BCUT2D eigenvalue weighted by Crippen LogP contribution is -2.14. The van der Waals surface area contributed by atoms with Crippen molar-refractivity contribution < 1.29 is 0 Å². The van der Waals surface area contributed by atoms with Gasteiger partial charge in [-0.2, -0.15) is 0 Å². The highest BCUT2D eigenvalue weighted by Gasteiger charge is 2.36. The fraction of sp³-hybridized carbons (Fsp3) is 0.0909. The summed E-state index contributed by atoms with van der Waals surface area (Å²) in [6.07, 6.45) is 0. The summed E-state index contributed by atoms with van der Waals surface area (Å²) in [5.41, 5.74) is 11.3. The average molecular weight is 451 g/mol. The average Bonchev–Trinajstić information content (AvgIpc) is 3.34. The number of benzene rings is 5. The number of nitrogens with zero attached hydrogens (tertiary/aromatic N) is 1. The van der Waals surface area contributed by atoms with Gasteiger partial charge in [-0.05, 0) is 53.1 Å². The maximum absolute atomic E-state index is 3.78. The minimum absolute atomic E-state index is 0.00664. The van der Waals surface area contributed by atoms with Gasteiger partial charge in [0, 0.05) is 38.8 Å². The predicted molar refractivity (Wildman–Crippen MR) is 148 cm³/mol. The van der Waals surface area contributed by atoms with Crippen molar-refractivity contribution in [3.05, 3.63) is 126 Å². The standard InChI is InChI=1S/C33H26N2/c1-33(2)27-15-8-6-14-26(27)32-28(33)16-10-17-29(32)34-22-19-20-25-24-13-7-9-18-30(24)35(31(25)21-22)23-11-4-3-5-12-23/h3-21,34H,1-2H3. The van der Waals surface area contributed by atoms with Crippen LogP contribution in [-0.4, -0.2) is 4.57 Å². The lowest BCUT2D eigenvalue weighted by atomic mass is 9.82. The summed E-state index contributed by atoms with van der Waals surface area (Å²) >= 11 is 0. The Kier molecular flexibility index (Phi) is 4.22. The van der Waals surface area contributed by atoms with Gasteiger partial charge in [0.05, 0.1) is 11.0 Å². The Balaban J connectivity index is 1.42. The van der Waals surface area contributed by atoms with Crippen molar-refractivity contribution in [2.24, 2.45) is 0 Å². The van der Waals surface area contributed by atoms with Crippen LogP contribution in [0.3, 0.4) is 0 Å². The minimum Gasteiger partial charge on any atom is -0.355 e. The second kappa shape index (κ2) is 7.35. The number of nitrogens with one attached hydrogen (secondary N) is 1. The minimum atomic E-state index is -0.00664. The highest BCUT2D eigenvalue weighted by atomic mass is 15.0. The molecule has 0 radical (unpaired) electrons. The van der Waals surface area contributed by atoms with Gasteiger partial charge in [0.15, 0.2) is 0 Å². The smallest absolute Gasteiger partial charge is 0.0561 e. The van der Waals surface area contributed by atoms with Crippen LogP contribution in [0.5, 0.6) is 0 Å². The number of hydrogen-bond donors (Lipinski definition) is 1. The number of fused-ring (bicyclic) bond motifs is 6. The Morgan fingerprint density at radius 3 is 2.20 bits per heavy atom. The Labute approximate surface area is 205 Å². The zero-order valence-corrected chi connectivity index (χ0v) is 19.9. The summed E-state index contributed by atoms with van der Waals surface area (Å²) in [6, 6.07) is 41.5. The largest absolute Gasteiger partial charge is 0.355 e. The summed E-state index contributed by atoms with van der Waals surface area (Å²) in [7, 11) is 0. The molecule has 35 heavy (non-hydrogen) atoms. The maximum Gasteiger partial charge on any atom is 0.0561 e. The quantitative estimate of drug-likeness (QED) is 0.285. The van der Waals surface area contributed by atoms with E-state index in [9.17, 15) is 0 Å². The Hall–Kier alpha value is -4.30. The molecule has 0 unspecified atom stereocenters. The Morgan fingerprint density at radius 2 is 1.31 bits per heavy atom. The monoisotopic (exact) mass is 450 g/mol. The van der Waals surface area contributed by atoms with Crippen molar-refractivity contribution in [1.29, 1.82) is 0 Å². The van der Waals surface area contributed by atoms with Crippen LogP contribution < -0.4 is 5.32 Å². The van der Waals surface area contributed by atoms with E-state index in [4.69, 9.17) is 0 Å². The second-order valence-corrected chi connectivity index (χ2v) is 9.94. The molecular formula is C33H26N2. The highest BCUT2D eigenvalue weighted by molar-refractivity contribution is 6.10. The lowest BCUT2D eigenvalue weighted by molar-refractivity contribution is 0.660. The molecule has 2 nitrogen and oxygen atoms in total. The first kappa shape index (κ1) is 20.1. The third-order valence-electron chi connectivity index (χ3n) is 7.57. The Morgan fingerprint density at radius 1 is 0.600 bits per heavy atom. The van der Waals surface area contributed by atoms with Crippen LogP contribution in [0.2, 0.25) is 0 Å². The van der Waals surface area contributed by atoms with Crippen molar-refractivity contribution in [3.63, 3.8) is 0 Å². The first-order chi connectivity index (χ1) is 17.1. The molecule has 5 aromatic carbocycles. The van der Waals surface area contributed by atoms with Gasteiger partial charge in [-0.15, -0.1) is 0 Å². The van der Waals surface area contributed by atoms with Gasteiger partial charge in [0.25, 0.3) is 0 Å². The molecule has 1 heterocycles. The zero-order chi connectivity index (χ0) is 23.6. The van der Waals surface area contributed by atoms with Gasteiger partial charge in [-0.25, -0.2) is 0 Å². The maximum atomic E-state index is 3.78. The third-order valence-corrected chi connectivity index (χ3v) is 7.57. The predicted octanol–water partition coefficient (Wildman–Crippen LogP) is 8.83. The molecule has 2 heteroatoms. The molecule has 7 rings (SSSR count). The van der Waals surface area contributed by atoms with Gasteiger partial charge in [-0.3, -0.25) is 0 Å². The lowest BCUT2D eigenvalue weighted by Gasteiger charge is -2.21. The number of hydrogen-bond acceptors (Lipinski definition) is 1. The fourth-order valence-corrected chi connectivity index (χ4v) is 5.92. The molecule has 0 amide bonds. The van der Waals surface area contributed by atoms with Crippen LogP contribution in [0.15, 0.2) is 115 Å². The van der Waals surface area contributed by atoms with Crippen molar-refractivity contribution in [2.45, 2.75) is 19.3 Å². The van der Waals surface area contributed by atoms with Gasteiger partial charge in [-0.1, -0.05) is 92.7 Å². The molecule has 0 fully saturated rings. The summed E-state index contributed by atoms with van der Waals surface area (Å²) in [5, 5.41) is 6.32. The van der Waals surface area contributed by atoms with Crippen molar-refractivity contribution in [2.75, 3.05) is 5.32 Å². The van der Waals surface area contributed by atoms with Gasteiger partial charge in [0.2, 0.25) is 0 Å². The molecule has 0 saturated heterocycles. The first-order valence-electron chi connectivity index (χ1n) is 12.2. The molecule has 0 spiro atoms. The van der Waals surface area contributed by atoms with Crippen molar-refractivity contribution in [1.82, 2.24) is 4.57 Å². The number of rotatable bonds is 3. The van der Waals surface area contributed by atoms with Crippen LogP contribution in [0, 0.1) is 0 Å². The molecular weight excluding hydrogens is 424 g/mol. The summed E-state index contributed by atoms with van der Waals surface area (Å²) < 4.78 is 2.36.